The lowest BCUT2D eigenvalue weighted by Gasteiger charge is -1.99. The SMILES string of the molecule is Cc1cccc2c1CC(N)=N2. The summed E-state index contributed by atoms with van der Waals surface area (Å²) in [6.45, 7) is 2.09. The van der Waals surface area contributed by atoms with Crippen molar-refractivity contribution in [2.24, 2.45) is 10.7 Å². The third kappa shape index (κ3) is 0.909. The molecule has 11 heavy (non-hydrogen) atoms. The molecule has 0 amide bonds. The van der Waals surface area contributed by atoms with Gasteiger partial charge in [-0.25, -0.2) is 4.99 Å². The van der Waals surface area contributed by atoms with Crippen molar-refractivity contribution in [2.75, 3.05) is 0 Å². The van der Waals surface area contributed by atoms with Crippen LogP contribution in [0.5, 0.6) is 0 Å². The van der Waals surface area contributed by atoms with E-state index in [1.54, 1.807) is 0 Å². The van der Waals surface area contributed by atoms with Gasteiger partial charge in [-0.15, -0.1) is 0 Å². The maximum atomic E-state index is 5.60. The van der Waals surface area contributed by atoms with Crippen molar-refractivity contribution in [3.63, 3.8) is 0 Å². The molecule has 0 aliphatic carbocycles. The summed E-state index contributed by atoms with van der Waals surface area (Å²) < 4.78 is 0. The van der Waals surface area contributed by atoms with Gasteiger partial charge in [0, 0.05) is 6.42 Å². The van der Waals surface area contributed by atoms with E-state index in [0.717, 1.165) is 17.9 Å². The second-order valence-corrected chi connectivity index (χ2v) is 2.85. The Bertz CT molecular complexity index is 326. The highest BCUT2D eigenvalue weighted by Crippen LogP contribution is 2.27. The Hall–Kier alpha value is -1.31. The van der Waals surface area contributed by atoms with Crippen LogP contribution in [0.1, 0.15) is 11.1 Å². The molecule has 0 saturated carbocycles. The van der Waals surface area contributed by atoms with Crippen LogP contribution in [0.2, 0.25) is 0 Å². The van der Waals surface area contributed by atoms with E-state index < -0.39 is 0 Å². The first-order valence-electron chi connectivity index (χ1n) is 3.69. The van der Waals surface area contributed by atoms with E-state index in [2.05, 4.69) is 18.0 Å². The summed E-state index contributed by atoms with van der Waals surface area (Å²) in [5.41, 5.74) is 9.21. The molecule has 0 unspecified atom stereocenters. The summed E-state index contributed by atoms with van der Waals surface area (Å²) in [5.74, 6) is 0.731. The van der Waals surface area contributed by atoms with Gasteiger partial charge in [0.05, 0.1) is 5.69 Å². The summed E-state index contributed by atoms with van der Waals surface area (Å²) in [6, 6.07) is 6.10. The Morgan fingerprint density at radius 1 is 1.45 bits per heavy atom. The molecular weight excluding hydrogens is 136 g/mol. The molecule has 0 radical (unpaired) electrons. The van der Waals surface area contributed by atoms with Gasteiger partial charge in [0.25, 0.3) is 0 Å². The van der Waals surface area contributed by atoms with Gasteiger partial charge in [0.2, 0.25) is 0 Å². The number of amidine groups is 1. The van der Waals surface area contributed by atoms with E-state index in [9.17, 15) is 0 Å². The Morgan fingerprint density at radius 2 is 2.27 bits per heavy atom. The Morgan fingerprint density at radius 3 is 3.00 bits per heavy atom. The first-order chi connectivity index (χ1) is 5.27. The van der Waals surface area contributed by atoms with Crippen molar-refractivity contribution in [1.82, 2.24) is 0 Å². The quantitative estimate of drug-likeness (QED) is 0.592. The van der Waals surface area contributed by atoms with Crippen LogP contribution in [0.3, 0.4) is 0 Å². The molecule has 0 fully saturated rings. The smallest absolute Gasteiger partial charge is 0.104 e. The van der Waals surface area contributed by atoms with Crippen molar-refractivity contribution in [2.45, 2.75) is 13.3 Å². The normalized spacial score (nSPS) is 14.5. The zero-order valence-corrected chi connectivity index (χ0v) is 6.46. The third-order valence-corrected chi connectivity index (χ3v) is 2.01. The van der Waals surface area contributed by atoms with Gasteiger partial charge in [-0.1, -0.05) is 12.1 Å². The lowest BCUT2D eigenvalue weighted by atomic mass is 10.1. The van der Waals surface area contributed by atoms with E-state index >= 15 is 0 Å². The van der Waals surface area contributed by atoms with Gasteiger partial charge < -0.3 is 5.73 Å². The highest BCUT2D eigenvalue weighted by atomic mass is 14.9. The third-order valence-electron chi connectivity index (χ3n) is 2.01. The van der Waals surface area contributed by atoms with Crippen LogP contribution >= 0.6 is 0 Å². The van der Waals surface area contributed by atoms with E-state index in [1.165, 1.54) is 11.1 Å². The molecule has 1 heterocycles. The topological polar surface area (TPSA) is 38.4 Å². The molecule has 2 rings (SSSR count). The van der Waals surface area contributed by atoms with Crippen molar-refractivity contribution >= 4 is 11.5 Å². The monoisotopic (exact) mass is 146 g/mol. The van der Waals surface area contributed by atoms with Crippen LogP contribution in [0.15, 0.2) is 23.2 Å². The Labute approximate surface area is 65.8 Å². The highest BCUT2D eigenvalue weighted by molar-refractivity contribution is 5.91. The standard InChI is InChI=1S/C9H10N2/c1-6-3-2-4-8-7(6)5-9(10)11-8/h2-4H,5H2,1H3,(H2,10,11). The van der Waals surface area contributed by atoms with Gasteiger partial charge >= 0.3 is 0 Å². The molecular formula is C9H10N2. The molecule has 0 aromatic heterocycles. The molecule has 0 spiro atoms. The fraction of sp³-hybridized carbons (Fsp3) is 0.222. The number of rotatable bonds is 0. The zero-order chi connectivity index (χ0) is 7.84. The second kappa shape index (κ2) is 2.09. The van der Waals surface area contributed by atoms with Crippen molar-refractivity contribution in [3.05, 3.63) is 29.3 Å². The largest absolute Gasteiger partial charge is 0.387 e. The van der Waals surface area contributed by atoms with E-state index in [-0.39, 0.29) is 0 Å². The molecule has 0 bridgehead atoms. The van der Waals surface area contributed by atoms with Crippen molar-refractivity contribution in [1.29, 1.82) is 0 Å². The maximum Gasteiger partial charge on any atom is 0.104 e. The number of nitrogens with zero attached hydrogens (tertiary/aromatic N) is 1. The number of nitrogens with two attached hydrogens (primary N) is 1. The molecule has 2 nitrogen and oxygen atoms in total. The first-order valence-corrected chi connectivity index (χ1v) is 3.69. The molecule has 1 aromatic rings. The van der Waals surface area contributed by atoms with Gasteiger partial charge in [0.1, 0.15) is 5.84 Å². The van der Waals surface area contributed by atoms with Crippen LogP contribution in [0.4, 0.5) is 5.69 Å². The summed E-state index contributed by atoms with van der Waals surface area (Å²) in [7, 11) is 0. The molecule has 1 aliphatic heterocycles. The van der Waals surface area contributed by atoms with Crippen LogP contribution in [-0.4, -0.2) is 5.84 Å². The summed E-state index contributed by atoms with van der Waals surface area (Å²) >= 11 is 0. The first kappa shape index (κ1) is 6.40. The highest BCUT2D eigenvalue weighted by Gasteiger charge is 2.12. The molecule has 2 heteroatoms. The lowest BCUT2D eigenvalue weighted by molar-refractivity contribution is 1.29. The average Bonchev–Trinajstić information content (AvgIpc) is 2.31. The van der Waals surface area contributed by atoms with E-state index in [1.807, 2.05) is 12.1 Å². The molecule has 0 atom stereocenters. The minimum Gasteiger partial charge on any atom is -0.387 e. The second-order valence-electron chi connectivity index (χ2n) is 2.85. The fourth-order valence-corrected chi connectivity index (χ4v) is 1.40. The molecule has 0 saturated heterocycles. The van der Waals surface area contributed by atoms with E-state index in [4.69, 9.17) is 5.73 Å². The summed E-state index contributed by atoms with van der Waals surface area (Å²) in [5, 5.41) is 0. The minimum atomic E-state index is 0.731. The van der Waals surface area contributed by atoms with Gasteiger partial charge in [-0.05, 0) is 24.1 Å². The number of aliphatic imine (C=N–C) groups is 1. The van der Waals surface area contributed by atoms with Crippen molar-refractivity contribution < 1.29 is 0 Å². The van der Waals surface area contributed by atoms with Crippen molar-refractivity contribution in [3.8, 4) is 0 Å². The molecule has 1 aromatic carbocycles. The number of benzene rings is 1. The molecule has 2 N–H and O–H groups in total. The van der Waals surface area contributed by atoms with Crippen LogP contribution < -0.4 is 5.73 Å². The molecule has 56 valence electrons. The summed E-state index contributed by atoms with van der Waals surface area (Å²) in [4.78, 5) is 4.21. The van der Waals surface area contributed by atoms with Crippen LogP contribution in [0, 0.1) is 6.92 Å². The lowest BCUT2D eigenvalue weighted by Crippen LogP contribution is -2.10. The molecule has 1 aliphatic rings. The minimum absolute atomic E-state index is 0.731. The predicted octanol–water partition coefficient (Wildman–Crippen LogP) is 1.54. The number of hydrogen-bond acceptors (Lipinski definition) is 2. The summed E-state index contributed by atoms with van der Waals surface area (Å²) in [6.07, 6.45) is 0.821. The Kier molecular flexibility index (Phi) is 1.22. The van der Waals surface area contributed by atoms with Crippen LogP contribution in [-0.2, 0) is 6.42 Å². The number of hydrogen-bond donors (Lipinski definition) is 1. The predicted molar refractivity (Wildman–Crippen MR) is 46.2 cm³/mol. The maximum absolute atomic E-state index is 5.60. The van der Waals surface area contributed by atoms with Gasteiger partial charge in [-0.3, -0.25) is 0 Å². The van der Waals surface area contributed by atoms with Gasteiger partial charge in [-0.2, -0.15) is 0 Å². The zero-order valence-electron chi connectivity index (χ0n) is 6.46. The average molecular weight is 146 g/mol. The fourth-order valence-electron chi connectivity index (χ4n) is 1.40. The van der Waals surface area contributed by atoms with E-state index in [0.29, 0.717) is 0 Å². The number of aryl methyl sites for hydroxylation is 1. The number of fused-ring (bicyclic) bond motifs is 1. The van der Waals surface area contributed by atoms with Crippen LogP contribution in [0.25, 0.3) is 0 Å². The van der Waals surface area contributed by atoms with Gasteiger partial charge in [0.15, 0.2) is 0 Å². The Balaban J connectivity index is 2.59.